The molecule has 14 heavy (non-hydrogen) atoms. The molecule has 0 aliphatic heterocycles. The normalized spacial score (nSPS) is 13.0. The molecule has 0 amide bonds. The summed E-state index contributed by atoms with van der Waals surface area (Å²) < 4.78 is 0. The van der Waals surface area contributed by atoms with Gasteiger partial charge in [0.15, 0.2) is 0 Å². The SMILES string of the molecule is C=C/C(Cl)=C\C(NC)=C(/C)C(=C)NC. The van der Waals surface area contributed by atoms with E-state index < -0.39 is 0 Å². The van der Waals surface area contributed by atoms with Gasteiger partial charge < -0.3 is 10.6 Å². The average molecular weight is 213 g/mol. The molecule has 0 fully saturated rings. The van der Waals surface area contributed by atoms with Crippen LogP contribution in [0.4, 0.5) is 0 Å². The van der Waals surface area contributed by atoms with E-state index in [4.69, 9.17) is 11.6 Å². The first-order valence-electron chi connectivity index (χ1n) is 4.32. The Morgan fingerprint density at radius 2 is 1.86 bits per heavy atom. The van der Waals surface area contributed by atoms with Crippen molar-refractivity contribution in [2.24, 2.45) is 0 Å². The first-order valence-corrected chi connectivity index (χ1v) is 4.69. The minimum atomic E-state index is 0.595. The van der Waals surface area contributed by atoms with E-state index in [1.54, 1.807) is 6.08 Å². The summed E-state index contributed by atoms with van der Waals surface area (Å²) in [7, 11) is 3.67. The fourth-order valence-electron chi connectivity index (χ4n) is 0.915. The topological polar surface area (TPSA) is 24.1 Å². The van der Waals surface area contributed by atoms with E-state index in [-0.39, 0.29) is 0 Å². The van der Waals surface area contributed by atoms with Crippen molar-refractivity contribution >= 4 is 11.6 Å². The number of rotatable bonds is 5. The quantitative estimate of drug-likeness (QED) is 0.685. The molecule has 0 atom stereocenters. The standard InChI is InChI=1S/C11H17ClN2/c1-6-10(12)7-11(14-5)8(2)9(3)13-4/h6-7,13-14H,1,3H2,2,4-5H3/b10-7+,11-8-. The number of nitrogens with one attached hydrogen (secondary N) is 2. The van der Waals surface area contributed by atoms with Crippen LogP contribution in [0.15, 0.2) is 47.3 Å². The van der Waals surface area contributed by atoms with Crippen molar-refractivity contribution in [3.63, 3.8) is 0 Å². The van der Waals surface area contributed by atoms with Gasteiger partial charge in [0.05, 0.1) is 0 Å². The maximum absolute atomic E-state index is 5.85. The lowest BCUT2D eigenvalue weighted by molar-refractivity contribution is 0.949. The van der Waals surface area contributed by atoms with Crippen LogP contribution in [-0.4, -0.2) is 14.1 Å². The summed E-state index contributed by atoms with van der Waals surface area (Å²) in [5, 5.41) is 6.63. The van der Waals surface area contributed by atoms with Crippen molar-refractivity contribution in [2.45, 2.75) is 6.92 Å². The van der Waals surface area contributed by atoms with Gasteiger partial charge in [0, 0.05) is 30.5 Å². The van der Waals surface area contributed by atoms with Crippen molar-refractivity contribution in [2.75, 3.05) is 14.1 Å². The Morgan fingerprint density at radius 1 is 1.29 bits per heavy atom. The van der Waals surface area contributed by atoms with Gasteiger partial charge in [0.2, 0.25) is 0 Å². The van der Waals surface area contributed by atoms with E-state index >= 15 is 0 Å². The molecule has 0 saturated carbocycles. The molecule has 0 heterocycles. The van der Waals surface area contributed by atoms with Gasteiger partial charge in [-0.25, -0.2) is 0 Å². The maximum Gasteiger partial charge on any atom is 0.0420 e. The molecule has 0 aliphatic carbocycles. The largest absolute Gasteiger partial charge is 0.388 e. The predicted molar refractivity (Wildman–Crippen MR) is 64.1 cm³/mol. The predicted octanol–water partition coefficient (Wildman–Crippen LogP) is 2.52. The highest BCUT2D eigenvalue weighted by Gasteiger charge is 2.00. The van der Waals surface area contributed by atoms with Gasteiger partial charge in [-0.2, -0.15) is 0 Å². The van der Waals surface area contributed by atoms with Crippen LogP contribution in [0.2, 0.25) is 0 Å². The molecule has 0 aliphatic rings. The summed E-state index contributed by atoms with van der Waals surface area (Å²) in [6.07, 6.45) is 3.40. The summed E-state index contributed by atoms with van der Waals surface area (Å²) in [5.74, 6) is 0. The van der Waals surface area contributed by atoms with E-state index in [0.29, 0.717) is 5.03 Å². The fraction of sp³-hybridized carbons (Fsp3) is 0.273. The zero-order chi connectivity index (χ0) is 11.1. The van der Waals surface area contributed by atoms with Crippen LogP contribution in [-0.2, 0) is 0 Å². The Bertz CT molecular complexity index is 288. The van der Waals surface area contributed by atoms with Gasteiger partial charge in [-0.1, -0.05) is 30.8 Å². The average Bonchev–Trinajstić information content (AvgIpc) is 2.23. The van der Waals surface area contributed by atoms with Crippen LogP contribution < -0.4 is 10.6 Å². The van der Waals surface area contributed by atoms with Gasteiger partial charge >= 0.3 is 0 Å². The van der Waals surface area contributed by atoms with Gasteiger partial charge in [0.25, 0.3) is 0 Å². The summed E-state index contributed by atoms with van der Waals surface area (Å²) in [6.45, 7) is 9.42. The van der Waals surface area contributed by atoms with Crippen molar-refractivity contribution in [3.05, 3.63) is 47.3 Å². The van der Waals surface area contributed by atoms with Crippen LogP contribution >= 0.6 is 11.6 Å². The highest BCUT2D eigenvalue weighted by molar-refractivity contribution is 6.31. The number of likely N-dealkylation sites (N-methyl/N-ethyl adjacent to an activating group) is 2. The molecule has 0 aromatic heterocycles. The van der Waals surface area contributed by atoms with Crippen LogP contribution in [0.5, 0.6) is 0 Å². The lowest BCUT2D eigenvalue weighted by Gasteiger charge is -2.10. The van der Waals surface area contributed by atoms with Crippen LogP contribution in [0, 0.1) is 0 Å². The third-order valence-electron chi connectivity index (χ3n) is 1.91. The second kappa shape index (κ2) is 6.33. The highest BCUT2D eigenvalue weighted by Crippen LogP contribution is 2.13. The molecular formula is C11H17ClN2. The van der Waals surface area contributed by atoms with Crippen LogP contribution in [0.1, 0.15) is 6.92 Å². The Labute approximate surface area is 91.0 Å². The molecule has 0 rings (SSSR count). The molecule has 0 aromatic carbocycles. The number of hydrogen-bond acceptors (Lipinski definition) is 2. The van der Waals surface area contributed by atoms with E-state index in [1.807, 2.05) is 27.1 Å². The second-order valence-corrected chi connectivity index (χ2v) is 3.19. The van der Waals surface area contributed by atoms with Crippen molar-refractivity contribution in [3.8, 4) is 0 Å². The van der Waals surface area contributed by atoms with Gasteiger partial charge in [0.1, 0.15) is 0 Å². The van der Waals surface area contributed by atoms with Gasteiger partial charge in [-0.3, -0.25) is 0 Å². The number of halogens is 1. The zero-order valence-corrected chi connectivity index (χ0v) is 9.70. The van der Waals surface area contributed by atoms with Gasteiger partial charge in [-0.15, -0.1) is 0 Å². The van der Waals surface area contributed by atoms with Crippen molar-refractivity contribution < 1.29 is 0 Å². The van der Waals surface area contributed by atoms with E-state index in [9.17, 15) is 0 Å². The van der Waals surface area contributed by atoms with E-state index in [2.05, 4.69) is 23.8 Å². The van der Waals surface area contributed by atoms with Crippen LogP contribution in [0.25, 0.3) is 0 Å². The Hall–Kier alpha value is -1.15. The van der Waals surface area contributed by atoms with E-state index in [0.717, 1.165) is 17.0 Å². The molecule has 0 saturated heterocycles. The molecule has 0 unspecified atom stereocenters. The molecule has 3 heteroatoms. The summed E-state index contributed by atoms with van der Waals surface area (Å²) in [5.41, 5.74) is 2.81. The molecular weight excluding hydrogens is 196 g/mol. The molecule has 0 bridgehead atoms. The molecule has 0 aromatic rings. The first kappa shape index (κ1) is 12.8. The number of allylic oxidation sites excluding steroid dienone is 4. The lowest BCUT2D eigenvalue weighted by atomic mass is 10.1. The highest BCUT2D eigenvalue weighted by atomic mass is 35.5. The summed E-state index contributed by atoms with van der Waals surface area (Å²) in [6, 6.07) is 0. The minimum absolute atomic E-state index is 0.595. The Balaban J connectivity index is 5.03. The summed E-state index contributed by atoms with van der Waals surface area (Å²) >= 11 is 5.85. The van der Waals surface area contributed by atoms with Crippen molar-refractivity contribution in [1.82, 2.24) is 10.6 Å². The monoisotopic (exact) mass is 212 g/mol. The Morgan fingerprint density at radius 3 is 2.21 bits per heavy atom. The molecule has 2 N–H and O–H groups in total. The third kappa shape index (κ3) is 3.71. The first-order chi connectivity index (χ1) is 6.56. The smallest absolute Gasteiger partial charge is 0.0420 e. The third-order valence-corrected chi connectivity index (χ3v) is 2.17. The molecule has 2 nitrogen and oxygen atoms in total. The second-order valence-electron chi connectivity index (χ2n) is 2.75. The zero-order valence-electron chi connectivity index (χ0n) is 8.95. The Kier molecular flexibility index (Phi) is 5.81. The molecule has 78 valence electrons. The fourth-order valence-corrected chi connectivity index (χ4v) is 1.02. The van der Waals surface area contributed by atoms with E-state index in [1.165, 1.54) is 0 Å². The molecule has 0 spiro atoms. The maximum atomic E-state index is 5.85. The lowest BCUT2D eigenvalue weighted by Crippen LogP contribution is -2.12. The van der Waals surface area contributed by atoms with Crippen molar-refractivity contribution in [1.29, 1.82) is 0 Å². The summed E-state index contributed by atoms with van der Waals surface area (Å²) in [4.78, 5) is 0. The minimum Gasteiger partial charge on any atom is -0.388 e. The van der Waals surface area contributed by atoms with Gasteiger partial charge in [-0.05, 0) is 18.6 Å². The molecule has 0 radical (unpaired) electrons. The number of hydrogen-bond donors (Lipinski definition) is 2. The van der Waals surface area contributed by atoms with Crippen LogP contribution in [0.3, 0.4) is 0 Å².